The van der Waals surface area contributed by atoms with Gasteiger partial charge in [-0.3, -0.25) is 9.48 Å². The molecule has 0 saturated carbocycles. The van der Waals surface area contributed by atoms with Gasteiger partial charge in [0.15, 0.2) is 0 Å². The van der Waals surface area contributed by atoms with Crippen molar-refractivity contribution in [1.29, 1.82) is 0 Å². The third kappa shape index (κ3) is 3.08. The standard InChI is InChI=1S/C12H20N2O2/c1-8(2)11-7-10(5-6-12(15)16)13-14(11)9(3)4/h7-9H,5-6H2,1-4H3,(H,15,16). The minimum absolute atomic E-state index is 0.145. The van der Waals surface area contributed by atoms with Crippen LogP contribution in [0.1, 0.15) is 57.5 Å². The summed E-state index contributed by atoms with van der Waals surface area (Å²) in [6.07, 6.45) is 0.654. The summed E-state index contributed by atoms with van der Waals surface area (Å²) in [6.45, 7) is 8.41. The van der Waals surface area contributed by atoms with E-state index in [1.54, 1.807) is 0 Å². The summed E-state index contributed by atoms with van der Waals surface area (Å²) in [7, 11) is 0. The van der Waals surface area contributed by atoms with Gasteiger partial charge in [-0.1, -0.05) is 13.8 Å². The van der Waals surface area contributed by atoms with E-state index in [2.05, 4.69) is 32.8 Å². The average Bonchev–Trinajstić information content (AvgIpc) is 2.58. The fourth-order valence-electron chi connectivity index (χ4n) is 1.66. The highest BCUT2D eigenvalue weighted by Crippen LogP contribution is 2.20. The molecule has 0 spiro atoms. The van der Waals surface area contributed by atoms with Gasteiger partial charge >= 0.3 is 5.97 Å². The molecule has 0 aliphatic heterocycles. The van der Waals surface area contributed by atoms with Crippen molar-refractivity contribution in [2.75, 3.05) is 0 Å². The van der Waals surface area contributed by atoms with Crippen molar-refractivity contribution >= 4 is 5.97 Å². The Hall–Kier alpha value is -1.32. The maximum Gasteiger partial charge on any atom is 0.303 e. The minimum atomic E-state index is -0.773. The van der Waals surface area contributed by atoms with Gasteiger partial charge in [-0.15, -0.1) is 0 Å². The predicted molar refractivity (Wildman–Crippen MR) is 62.7 cm³/mol. The Kier molecular flexibility index (Phi) is 4.10. The number of carboxylic acids is 1. The van der Waals surface area contributed by atoms with Crippen LogP contribution in [0.4, 0.5) is 0 Å². The zero-order chi connectivity index (χ0) is 12.3. The molecular weight excluding hydrogens is 204 g/mol. The second-order valence-electron chi connectivity index (χ2n) is 4.65. The Balaban J connectivity index is 2.88. The van der Waals surface area contributed by atoms with Crippen molar-refractivity contribution in [3.8, 4) is 0 Å². The average molecular weight is 224 g/mol. The van der Waals surface area contributed by atoms with Crippen molar-refractivity contribution < 1.29 is 9.90 Å². The van der Waals surface area contributed by atoms with Gasteiger partial charge in [0.05, 0.1) is 12.1 Å². The van der Waals surface area contributed by atoms with Crippen molar-refractivity contribution in [3.63, 3.8) is 0 Å². The quantitative estimate of drug-likeness (QED) is 0.836. The second kappa shape index (κ2) is 5.14. The maximum atomic E-state index is 10.5. The third-order valence-electron chi connectivity index (χ3n) is 2.49. The molecule has 4 nitrogen and oxygen atoms in total. The van der Waals surface area contributed by atoms with E-state index in [4.69, 9.17) is 5.11 Å². The number of carbonyl (C=O) groups is 1. The molecule has 0 radical (unpaired) electrons. The Labute approximate surface area is 96.3 Å². The van der Waals surface area contributed by atoms with Crippen molar-refractivity contribution in [2.24, 2.45) is 0 Å². The van der Waals surface area contributed by atoms with Crippen LogP contribution in [0.3, 0.4) is 0 Å². The molecular formula is C12H20N2O2. The summed E-state index contributed by atoms with van der Waals surface area (Å²) >= 11 is 0. The van der Waals surface area contributed by atoms with Crippen LogP contribution in [-0.2, 0) is 11.2 Å². The Bertz CT molecular complexity index is 342. The summed E-state index contributed by atoms with van der Waals surface area (Å²) in [5.41, 5.74) is 2.05. The molecule has 1 aromatic rings. The topological polar surface area (TPSA) is 55.1 Å². The first kappa shape index (κ1) is 12.7. The lowest BCUT2D eigenvalue weighted by molar-refractivity contribution is -0.136. The van der Waals surface area contributed by atoms with Gasteiger partial charge in [0.2, 0.25) is 0 Å². The molecule has 0 unspecified atom stereocenters. The van der Waals surface area contributed by atoms with Gasteiger partial charge in [0.1, 0.15) is 0 Å². The smallest absolute Gasteiger partial charge is 0.303 e. The van der Waals surface area contributed by atoms with Gasteiger partial charge in [-0.2, -0.15) is 5.10 Å². The number of rotatable bonds is 5. The van der Waals surface area contributed by atoms with E-state index < -0.39 is 5.97 Å². The van der Waals surface area contributed by atoms with Crippen LogP contribution in [0.15, 0.2) is 6.07 Å². The minimum Gasteiger partial charge on any atom is -0.481 e. The van der Waals surface area contributed by atoms with Crippen LogP contribution in [-0.4, -0.2) is 20.9 Å². The van der Waals surface area contributed by atoms with Crippen LogP contribution in [0.5, 0.6) is 0 Å². The Morgan fingerprint density at radius 3 is 2.44 bits per heavy atom. The van der Waals surface area contributed by atoms with E-state index in [-0.39, 0.29) is 6.42 Å². The maximum absolute atomic E-state index is 10.5. The number of aromatic nitrogens is 2. The first-order valence-electron chi connectivity index (χ1n) is 5.72. The number of aryl methyl sites for hydroxylation is 1. The molecule has 0 aliphatic rings. The largest absolute Gasteiger partial charge is 0.481 e. The molecule has 1 rings (SSSR count). The van der Waals surface area contributed by atoms with Gasteiger partial charge in [0, 0.05) is 18.2 Å². The summed E-state index contributed by atoms with van der Waals surface area (Å²) in [5.74, 6) is -0.362. The Morgan fingerprint density at radius 2 is 2.06 bits per heavy atom. The molecule has 1 N–H and O–H groups in total. The van der Waals surface area contributed by atoms with Crippen LogP contribution in [0.25, 0.3) is 0 Å². The molecule has 16 heavy (non-hydrogen) atoms. The van der Waals surface area contributed by atoms with Crippen LogP contribution >= 0.6 is 0 Å². The highest BCUT2D eigenvalue weighted by atomic mass is 16.4. The van der Waals surface area contributed by atoms with E-state index >= 15 is 0 Å². The summed E-state index contributed by atoms with van der Waals surface area (Å²) in [4.78, 5) is 10.5. The first-order valence-corrected chi connectivity index (χ1v) is 5.72. The van der Waals surface area contributed by atoms with Crippen molar-refractivity contribution in [1.82, 2.24) is 9.78 Å². The highest BCUT2D eigenvalue weighted by Gasteiger charge is 2.13. The van der Waals surface area contributed by atoms with Gasteiger partial charge in [0.25, 0.3) is 0 Å². The zero-order valence-electron chi connectivity index (χ0n) is 10.4. The molecule has 0 amide bonds. The fourth-order valence-corrected chi connectivity index (χ4v) is 1.66. The highest BCUT2D eigenvalue weighted by molar-refractivity contribution is 5.66. The van der Waals surface area contributed by atoms with E-state index in [0.717, 1.165) is 5.69 Å². The summed E-state index contributed by atoms with van der Waals surface area (Å²) in [6, 6.07) is 2.34. The van der Waals surface area contributed by atoms with Gasteiger partial charge in [-0.25, -0.2) is 0 Å². The van der Waals surface area contributed by atoms with Crippen LogP contribution in [0.2, 0.25) is 0 Å². The lowest BCUT2D eigenvalue weighted by atomic mass is 10.1. The monoisotopic (exact) mass is 224 g/mol. The van der Waals surface area contributed by atoms with Crippen LogP contribution < -0.4 is 0 Å². The number of hydrogen-bond acceptors (Lipinski definition) is 2. The third-order valence-corrected chi connectivity index (χ3v) is 2.49. The first-order chi connectivity index (χ1) is 7.41. The molecule has 0 bridgehead atoms. The molecule has 1 aromatic heterocycles. The zero-order valence-corrected chi connectivity index (χ0v) is 10.4. The molecule has 0 atom stereocenters. The van der Waals surface area contributed by atoms with Crippen molar-refractivity contribution in [2.45, 2.75) is 52.5 Å². The number of nitrogens with zero attached hydrogens (tertiary/aromatic N) is 2. The van der Waals surface area contributed by atoms with E-state index in [1.165, 1.54) is 5.69 Å². The second-order valence-corrected chi connectivity index (χ2v) is 4.65. The lowest BCUT2D eigenvalue weighted by Crippen LogP contribution is -2.08. The lowest BCUT2D eigenvalue weighted by Gasteiger charge is -2.12. The van der Waals surface area contributed by atoms with Gasteiger partial charge in [-0.05, 0) is 25.8 Å². The molecule has 0 aromatic carbocycles. The van der Waals surface area contributed by atoms with E-state index in [0.29, 0.717) is 18.4 Å². The predicted octanol–water partition coefficient (Wildman–Crippen LogP) is 2.60. The normalized spacial score (nSPS) is 11.4. The molecule has 1 heterocycles. The summed E-state index contributed by atoms with van der Waals surface area (Å²) in [5, 5.41) is 13.1. The number of aliphatic carboxylic acids is 1. The van der Waals surface area contributed by atoms with Gasteiger partial charge < -0.3 is 5.11 Å². The fraction of sp³-hybridized carbons (Fsp3) is 0.667. The number of hydrogen-bond donors (Lipinski definition) is 1. The molecule has 0 saturated heterocycles. The molecule has 0 fully saturated rings. The van der Waals surface area contributed by atoms with Crippen molar-refractivity contribution in [3.05, 3.63) is 17.5 Å². The summed E-state index contributed by atoms with van der Waals surface area (Å²) < 4.78 is 1.99. The SMILES string of the molecule is CC(C)c1cc(CCC(=O)O)nn1C(C)C. The molecule has 0 aliphatic carbocycles. The number of carboxylic acid groups (broad SMARTS) is 1. The Morgan fingerprint density at radius 1 is 1.44 bits per heavy atom. The van der Waals surface area contributed by atoms with Crippen LogP contribution in [0, 0.1) is 0 Å². The van der Waals surface area contributed by atoms with E-state index in [1.807, 2.05) is 10.7 Å². The van der Waals surface area contributed by atoms with E-state index in [9.17, 15) is 4.79 Å². The molecule has 4 heteroatoms. The molecule has 90 valence electrons.